The average Bonchev–Trinajstić information content (AvgIpc) is 3.15. The molecule has 1 atom stereocenters. The fraction of sp³-hybridized carbons (Fsp3) is 0.375. The van der Waals surface area contributed by atoms with Crippen LogP contribution < -0.4 is 5.32 Å². The number of aromatic nitrogens is 3. The zero-order valence-corrected chi connectivity index (χ0v) is 19.5. The van der Waals surface area contributed by atoms with E-state index in [9.17, 15) is 9.18 Å². The van der Waals surface area contributed by atoms with Crippen molar-refractivity contribution >= 4 is 17.7 Å². The van der Waals surface area contributed by atoms with Gasteiger partial charge in [-0.1, -0.05) is 68.9 Å². The van der Waals surface area contributed by atoms with Gasteiger partial charge in [0, 0.05) is 18.7 Å². The highest BCUT2D eigenvalue weighted by Gasteiger charge is 2.21. The largest absolute Gasteiger partial charge is 0.351 e. The van der Waals surface area contributed by atoms with E-state index in [1.165, 1.54) is 29.5 Å². The summed E-state index contributed by atoms with van der Waals surface area (Å²) in [6.07, 6.45) is 0. The number of nitrogens with zero attached hydrogens (tertiary/aromatic N) is 3. The molecule has 164 valence electrons. The molecule has 1 amide bonds. The maximum absolute atomic E-state index is 13.0. The van der Waals surface area contributed by atoms with Gasteiger partial charge in [0.2, 0.25) is 5.91 Å². The Morgan fingerprint density at radius 3 is 2.32 bits per heavy atom. The van der Waals surface area contributed by atoms with Crippen LogP contribution in [0.4, 0.5) is 4.39 Å². The van der Waals surface area contributed by atoms with Crippen molar-refractivity contribution in [2.45, 2.75) is 63.5 Å². The lowest BCUT2D eigenvalue weighted by atomic mass is 9.87. The molecule has 0 radical (unpaired) electrons. The van der Waals surface area contributed by atoms with Crippen molar-refractivity contribution in [3.63, 3.8) is 0 Å². The molecule has 7 heteroatoms. The molecule has 0 aliphatic carbocycles. The van der Waals surface area contributed by atoms with Crippen molar-refractivity contribution in [3.05, 3.63) is 65.5 Å². The van der Waals surface area contributed by atoms with E-state index in [1.807, 2.05) is 18.4 Å². The number of hydrogen-bond acceptors (Lipinski definition) is 4. The van der Waals surface area contributed by atoms with Crippen LogP contribution in [0.25, 0.3) is 11.4 Å². The van der Waals surface area contributed by atoms with Gasteiger partial charge in [0.25, 0.3) is 0 Å². The van der Waals surface area contributed by atoms with Crippen molar-refractivity contribution in [1.29, 1.82) is 0 Å². The SMILES string of the molecule is CCn1c(SC(C)C(=O)NCc2ccc(F)cc2)nnc1-c1ccc(C(C)(C)C)cc1. The summed E-state index contributed by atoms with van der Waals surface area (Å²) >= 11 is 1.38. The Labute approximate surface area is 187 Å². The number of hydrogen-bond donors (Lipinski definition) is 1. The summed E-state index contributed by atoms with van der Waals surface area (Å²) in [7, 11) is 0. The molecule has 0 spiro atoms. The van der Waals surface area contributed by atoms with Gasteiger partial charge in [0.05, 0.1) is 5.25 Å². The summed E-state index contributed by atoms with van der Waals surface area (Å²) in [5.74, 6) is 0.405. The Bertz CT molecular complexity index is 1020. The average molecular weight is 441 g/mol. The first-order valence-electron chi connectivity index (χ1n) is 10.4. The molecule has 3 rings (SSSR count). The molecule has 1 unspecified atom stereocenters. The standard InChI is InChI=1S/C24H29FN4OS/c1-6-29-21(18-9-11-19(12-10-18)24(3,4)5)27-28-23(29)31-16(2)22(30)26-15-17-7-13-20(25)14-8-17/h7-14,16H,6,15H2,1-5H3,(H,26,30). The van der Waals surface area contributed by atoms with E-state index >= 15 is 0 Å². The lowest BCUT2D eigenvalue weighted by Crippen LogP contribution is -2.30. The van der Waals surface area contributed by atoms with Crippen LogP contribution >= 0.6 is 11.8 Å². The second-order valence-corrected chi connectivity index (χ2v) is 9.79. The molecule has 5 nitrogen and oxygen atoms in total. The van der Waals surface area contributed by atoms with Gasteiger partial charge >= 0.3 is 0 Å². The fourth-order valence-electron chi connectivity index (χ4n) is 3.14. The van der Waals surface area contributed by atoms with Crippen LogP contribution in [0.1, 0.15) is 45.7 Å². The van der Waals surface area contributed by atoms with E-state index in [4.69, 9.17) is 0 Å². The fourth-order valence-corrected chi connectivity index (χ4v) is 4.08. The molecule has 0 saturated carbocycles. The number of amides is 1. The van der Waals surface area contributed by atoms with Gasteiger partial charge in [0.1, 0.15) is 5.82 Å². The quantitative estimate of drug-likeness (QED) is 0.513. The minimum atomic E-state index is -0.342. The summed E-state index contributed by atoms with van der Waals surface area (Å²) in [6.45, 7) is 11.5. The molecule has 0 aliphatic heterocycles. The van der Waals surface area contributed by atoms with Crippen molar-refractivity contribution in [3.8, 4) is 11.4 Å². The second kappa shape index (κ2) is 9.64. The molecular formula is C24H29FN4OS. The van der Waals surface area contributed by atoms with Crippen LogP contribution in [-0.4, -0.2) is 25.9 Å². The number of halogens is 1. The molecule has 3 aromatic rings. The van der Waals surface area contributed by atoms with Gasteiger partial charge in [0.15, 0.2) is 11.0 Å². The smallest absolute Gasteiger partial charge is 0.233 e. The number of thioether (sulfide) groups is 1. The van der Waals surface area contributed by atoms with Crippen LogP contribution in [0.2, 0.25) is 0 Å². The van der Waals surface area contributed by atoms with Gasteiger partial charge in [-0.2, -0.15) is 0 Å². The van der Waals surface area contributed by atoms with E-state index in [0.29, 0.717) is 18.2 Å². The summed E-state index contributed by atoms with van der Waals surface area (Å²) < 4.78 is 15.0. The zero-order valence-electron chi connectivity index (χ0n) is 18.6. The first-order valence-corrected chi connectivity index (χ1v) is 11.3. The molecule has 0 bridgehead atoms. The zero-order chi connectivity index (χ0) is 22.6. The first kappa shape index (κ1) is 23.0. The summed E-state index contributed by atoms with van der Waals surface area (Å²) in [4.78, 5) is 12.5. The summed E-state index contributed by atoms with van der Waals surface area (Å²) in [6, 6.07) is 14.5. The van der Waals surface area contributed by atoms with Gasteiger partial charge in [-0.15, -0.1) is 10.2 Å². The van der Waals surface area contributed by atoms with Crippen LogP contribution in [0, 0.1) is 5.82 Å². The Kier molecular flexibility index (Phi) is 7.15. The highest BCUT2D eigenvalue weighted by molar-refractivity contribution is 8.00. The van der Waals surface area contributed by atoms with E-state index in [-0.39, 0.29) is 22.4 Å². The molecule has 1 aromatic heterocycles. The normalized spacial score (nSPS) is 12.6. The third-order valence-electron chi connectivity index (χ3n) is 5.07. The second-order valence-electron chi connectivity index (χ2n) is 8.48. The predicted molar refractivity (Wildman–Crippen MR) is 123 cm³/mol. The van der Waals surface area contributed by atoms with Crippen molar-refractivity contribution in [2.24, 2.45) is 0 Å². The van der Waals surface area contributed by atoms with E-state index in [1.54, 1.807) is 12.1 Å². The van der Waals surface area contributed by atoms with Crippen LogP contribution in [0.5, 0.6) is 0 Å². The number of benzene rings is 2. The lowest BCUT2D eigenvalue weighted by molar-refractivity contribution is -0.120. The van der Waals surface area contributed by atoms with Crippen molar-refractivity contribution < 1.29 is 9.18 Å². The number of rotatable bonds is 7. The summed E-state index contributed by atoms with van der Waals surface area (Å²) in [5.41, 5.74) is 3.21. The Morgan fingerprint density at radius 1 is 1.10 bits per heavy atom. The molecule has 1 N–H and O–H groups in total. The number of carbonyl (C=O) groups excluding carboxylic acids is 1. The van der Waals surface area contributed by atoms with E-state index in [0.717, 1.165) is 17.0 Å². The molecule has 2 aromatic carbocycles. The molecule has 0 saturated heterocycles. The van der Waals surface area contributed by atoms with Gasteiger partial charge in [-0.05, 0) is 42.5 Å². The number of carbonyl (C=O) groups is 1. The topological polar surface area (TPSA) is 59.8 Å². The Hall–Kier alpha value is -2.67. The highest BCUT2D eigenvalue weighted by Crippen LogP contribution is 2.29. The maximum Gasteiger partial charge on any atom is 0.233 e. The van der Waals surface area contributed by atoms with Crippen LogP contribution in [-0.2, 0) is 23.3 Å². The Morgan fingerprint density at radius 2 is 1.74 bits per heavy atom. The maximum atomic E-state index is 13.0. The number of nitrogens with one attached hydrogen (secondary N) is 1. The van der Waals surface area contributed by atoms with Crippen LogP contribution in [0.15, 0.2) is 53.7 Å². The molecule has 0 aliphatic rings. The summed E-state index contributed by atoms with van der Waals surface area (Å²) in [5, 5.41) is 12.0. The minimum absolute atomic E-state index is 0.0919. The third kappa shape index (κ3) is 5.73. The van der Waals surface area contributed by atoms with Crippen molar-refractivity contribution in [2.75, 3.05) is 0 Å². The lowest BCUT2D eigenvalue weighted by Gasteiger charge is -2.19. The van der Waals surface area contributed by atoms with Gasteiger partial charge in [-0.25, -0.2) is 4.39 Å². The molecular weight excluding hydrogens is 411 g/mol. The predicted octanol–water partition coefficient (Wildman–Crippen LogP) is 5.20. The molecule has 0 fully saturated rings. The Balaban J connectivity index is 1.68. The van der Waals surface area contributed by atoms with Gasteiger partial charge in [-0.3, -0.25) is 4.79 Å². The van der Waals surface area contributed by atoms with Crippen molar-refractivity contribution in [1.82, 2.24) is 20.1 Å². The first-order chi connectivity index (χ1) is 14.7. The highest BCUT2D eigenvalue weighted by atomic mass is 32.2. The third-order valence-corrected chi connectivity index (χ3v) is 6.15. The monoisotopic (exact) mass is 440 g/mol. The molecule has 1 heterocycles. The van der Waals surface area contributed by atoms with Crippen LogP contribution in [0.3, 0.4) is 0 Å². The van der Waals surface area contributed by atoms with E-state index < -0.39 is 0 Å². The van der Waals surface area contributed by atoms with E-state index in [2.05, 4.69) is 60.6 Å². The molecule has 31 heavy (non-hydrogen) atoms. The minimum Gasteiger partial charge on any atom is -0.351 e. The van der Waals surface area contributed by atoms with Gasteiger partial charge < -0.3 is 9.88 Å².